The summed E-state index contributed by atoms with van der Waals surface area (Å²) in [5.74, 6) is 0.485. The Morgan fingerprint density at radius 3 is 2.65 bits per heavy atom. The van der Waals surface area contributed by atoms with E-state index in [9.17, 15) is 4.79 Å². The summed E-state index contributed by atoms with van der Waals surface area (Å²) < 4.78 is 5.45. The van der Waals surface area contributed by atoms with E-state index in [4.69, 9.17) is 27.9 Å². The lowest BCUT2D eigenvalue weighted by Gasteiger charge is -2.33. The van der Waals surface area contributed by atoms with Gasteiger partial charge in [-0.1, -0.05) is 23.2 Å². The van der Waals surface area contributed by atoms with Gasteiger partial charge in [0.15, 0.2) is 6.61 Å². The molecular formula is C13H17Cl3N2O2. The average Bonchev–Trinajstić information content (AvgIpc) is 2.35. The van der Waals surface area contributed by atoms with Crippen LogP contribution in [0, 0.1) is 0 Å². The average molecular weight is 340 g/mol. The van der Waals surface area contributed by atoms with Gasteiger partial charge in [-0.15, -0.1) is 12.4 Å². The van der Waals surface area contributed by atoms with Crippen LogP contribution >= 0.6 is 35.6 Å². The van der Waals surface area contributed by atoms with Gasteiger partial charge in [-0.3, -0.25) is 4.79 Å². The Bertz CT molecular complexity index is 451. The van der Waals surface area contributed by atoms with Gasteiger partial charge in [-0.05, 0) is 25.1 Å². The number of halogens is 3. The minimum absolute atomic E-state index is 0. The molecule has 1 amide bonds. The van der Waals surface area contributed by atoms with Crippen LogP contribution in [0.4, 0.5) is 0 Å². The third-order valence-corrected chi connectivity index (χ3v) is 3.46. The second-order valence-electron chi connectivity index (χ2n) is 4.53. The standard InChI is InChI=1S/C13H16Cl2N2O2.ClH/c1-9-7-16-2-3-17(9)13(18)8-19-12-5-10(14)4-11(15)6-12;/h4-6,9,16H,2-3,7-8H2,1H3;1H/t9-;/m1./s1. The number of amides is 1. The Morgan fingerprint density at radius 2 is 2.05 bits per heavy atom. The lowest BCUT2D eigenvalue weighted by molar-refractivity contribution is -0.136. The highest BCUT2D eigenvalue weighted by Crippen LogP contribution is 2.24. The van der Waals surface area contributed by atoms with Crippen molar-refractivity contribution in [1.82, 2.24) is 10.2 Å². The third-order valence-electron chi connectivity index (χ3n) is 3.02. The highest BCUT2D eigenvalue weighted by Gasteiger charge is 2.23. The zero-order valence-corrected chi connectivity index (χ0v) is 13.4. The quantitative estimate of drug-likeness (QED) is 0.920. The number of benzene rings is 1. The molecule has 7 heteroatoms. The molecule has 1 aliphatic rings. The predicted molar refractivity (Wildman–Crippen MR) is 83.2 cm³/mol. The van der Waals surface area contributed by atoms with Crippen LogP contribution in [0.1, 0.15) is 6.92 Å². The van der Waals surface area contributed by atoms with E-state index in [0.717, 1.165) is 13.1 Å². The van der Waals surface area contributed by atoms with Crippen molar-refractivity contribution in [2.75, 3.05) is 26.2 Å². The molecule has 1 saturated heterocycles. The molecular weight excluding hydrogens is 323 g/mol. The summed E-state index contributed by atoms with van der Waals surface area (Å²) >= 11 is 11.7. The molecule has 0 aromatic heterocycles. The van der Waals surface area contributed by atoms with Gasteiger partial charge in [0.05, 0.1) is 0 Å². The zero-order valence-electron chi connectivity index (χ0n) is 11.1. The van der Waals surface area contributed by atoms with Crippen LogP contribution in [0.2, 0.25) is 10.0 Å². The van der Waals surface area contributed by atoms with E-state index in [1.807, 2.05) is 11.8 Å². The van der Waals surface area contributed by atoms with E-state index in [-0.39, 0.29) is 31.0 Å². The van der Waals surface area contributed by atoms with Crippen molar-refractivity contribution in [3.05, 3.63) is 28.2 Å². The van der Waals surface area contributed by atoms with E-state index in [2.05, 4.69) is 5.32 Å². The van der Waals surface area contributed by atoms with Crippen LogP contribution in [0.15, 0.2) is 18.2 Å². The number of hydrogen-bond acceptors (Lipinski definition) is 3. The van der Waals surface area contributed by atoms with Crippen LogP contribution in [-0.4, -0.2) is 43.1 Å². The van der Waals surface area contributed by atoms with Crippen LogP contribution < -0.4 is 10.1 Å². The molecule has 0 saturated carbocycles. The number of nitrogens with one attached hydrogen (secondary N) is 1. The minimum atomic E-state index is -0.0231. The maximum Gasteiger partial charge on any atom is 0.260 e. The molecule has 0 radical (unpaired) electrons. The Kier molecular flexibility index (Phi) is 6.89. The van der Waals surface area contributed by atoms with Crippen molar-refractivity contribution in [2.24, 2.45) is 0 Å². The summed E-state index contributed by atoms with van der Waals surface area (Å²) in [4.78, 5) is 13.9. The van der Waals surface area contributed by atoms with E-state index in [1.54, 1.807) is 18.2 Å². The molecule has 1 N–H and O–H groups in total. The minimum Gasteiger partial charge on any atom is -0.484 e. The van der Waals surface area contributed by atoms with Gasteiger partial charge in [0.25, 0.3) is 5.91 Å². The van der Waals surface area contributed by atoms with Crippen molar-refractivity contribution >= 4 is 41.5 Å². The van der Waals surface area contributed by atoms with Crippen molar-refractivity contribution in [2.45, 2.75) is 13.0 Å². The molecule has 1 heterocycles. The van der Waals surface area contributed by atoms with Gasteiger partial charge in [0.1, 0.15) is 5.75 Å². The van der Waals surface area contributed by atoms with Gasteiger partial charge in [0.2, 0.25) is 0 Å². The van der Waals surface area contributed by atoms with Crippen molar-refractivity contribution < 1.29 is 9.53 Å². The summed E-state index contributed by atoms with van der Waals surface area (Å²) in [6.07, 6.45) is 0. The first kappa shape index (κ1) is 17.4. The number of rotatable bonds is 3. The SMILES string of the molecule is C[C@@H]1CNCCN1C(=O)COc1cc(Cl)cc(Cl)c1.Cl. The number of ether oxygens (including phenoxy) is 1. The maximum atomic E-state index is 12.1. The highest BCUT2D eigenvalue weighted by molar-refractivity contribution is 6.34. The van der Waals surface area contributed by atoms with Gasteiger partial charge in [-0.2, -0.15) is 0 Å². The highest BCUT2D eigenvalue weighted by atomic mass is 35.5. The van der Waals surface area contributed by atoms with E-state index >= 15 is 0 Å². The lowest BCUT2D eigenvalue weighted by atomic mass is 10.2. The molecule has 1 fully saturated rings. The van der Waals surface area contributed by atoms with Gasteiger partial charge >= 0.3 is 0 Å². The van der Waals surface area contributed by atoms with E-state index in [0.29, 0.717) is 22.3 Å². The Labute approximate surface area is 134 Å². The number of nitrogens with zero attached hydrogens (tertiary/aromatic N) is 1. The molecule has 1 atom stereocenters. The summed E-state index contributed by atoms with van der Waals surface area (Å²) in [6.45, 7) is 4.36. The maximum absolute atomic E-state index is 12.1. The van der Waals surface area contributed by atoms with Crippen LogP contribution in [0.3, 0.4) is 0 Å². The van der Waals surface area contributed by atoms with Gasteiger partial charge in [-0.25, -0.2) is 0 Å². The number of carbonyl (C=O) groups excluding carboxylic acids is 1. The van der Waals surface area contributed by atoms with Gasteiger partial charge < -0.3 is 15.0 Å². The first-order valence-electron chi connectivity index (χ1n) is 6.15. The number of piperazine rings is 1. The predicted octanol–water partition coefficient (Wildman–Crippen LogP) is 2.61. The summed E-state index contributed by atoms with van der Waals surface area (Å²) in [7, 11) is 0. The molecule has 0 bridgehead atoms. The summed E-state index contributed by atoms with van der Waals surface area (Å²) in [5.41, 5.74) is 0. The molecule has 1 aliphatic heterocycles. The summed E-state index contributed by atoms with van der Waals surface area (Å²) in [6, 6.07) is 5.09. The molecule has 0 spiro atoms. The summed E-state index contributed by atoms with van der Waals surface area (Å²) in [5, 5.41) is 4.22. The zero-order chi connectivity index (χ0) is 13.8. The molecule has 4 nitrogen and oxygen atoms in total. The molecule has 0 aliphatic carbocycles. The Hall–Kier alpha value is -0.680. The molecule has 112 valence electrons. The molecule has 1 aromatic rings. The van der Waals surface area contributed by atoms with Gasteiger partial charge in [0, 0.05) is 35.7 Å². The Morgan fingerprint density at radius 1 is 1.40 bits per heavy atom. The van der Waals surface area contributed by atoms with Crippen molar-refractivity contribution in [1.29, 1.82) is 0 Å². The third kappa shape index (κ3) is 4.70. The fraction of sp³-hybridized carbons (Fsp3) is 0.462. The number of carbonyl (C=O) groups is 1. The van der Waals surface area contributed by atoms with Crippen molar-refractivity contribution in [3.63, 3.8) is 0 Å². The fourth-order valence-corrected chi connectivity index (χ4v) is 2.56. The molecule has 20 heavy (non-hydrogen) atoms. The molecule has 1 aromatic carbocycles. The Balaban J connectivity index is 0.00000200. The first-order valence-corrected chi connectivity index (χ1v) is 6.91. The molecule has 2 rings (SSSR count). The van der Waals surface area contributed by atoms with E-state index in [1.165, 1.54) is 0 Å². The smallest absolute Gasteiger partial charge is 0.260 e. The second-order valence-corrected chi connectivity index (χ2v) is 5.41. The van der Waals surface area contributed by atoms with E-state index < -0.39 is 0 Å². The fourth-order valence-electron chi connectivity index (χ4n) is 2.05. The first-order chi connectivity index (χ1) is 9.06. The van der Waals surface area contributed by atoms with Crippen LogP contribution in [0.25, 0.3) is 0 Å². The largest absolute Gasteiger partial charge is 0.484 e. The second kappa shape index (κ2) is 7.93. The lowest BCUT2D eigenvalue weighted by Crippen LogP contribution is -2.53. The number of hydrogen-bond donors (Lipinski definition) is 1. The topological polar surface area (TPSA) is 41.6 Å². The monoisotopic (exact) mass is 338 g/mol. The van der Waals surface area contributed by atoms with Crippen molar-refractivity contribution in [3.8, 4) is 5.75 Å². The molecule has 0 unspecified atom stereocenters. The normalized spacial score (nSPS) is 18.4. The van der Waals surface area contributed by atoms with Crippen LogP contribution in [0.5, 0.6) is 5.75 Å². The van der Waals surface area contributed by atoms with Crippen LogP contribution in [-0.2, 0) is 4.79 Å².